The van der Waals surface area contributed by atoms with Crippen LogP contribution in [0.4, 0.5) is 5.82 Å². The molecular weight excluding hydrogens is 332 g/mol. The molecule has 3 aliphatic rings. The van der Waals surface area contributed by atoms with Crippen molar-refractivity contribution in [2.75, 3.05) is 5.01 Å². The summed E-state index contributed by atoms with van der Waals surface area (Å²) >= 11 is 6.55. The molecular formula is C20H19ClN4. The van der Waals surface area contributed by atoms with Gasteiger partial charge in [0.2, 0.25) is 0 Å². The lowest BCUT2D eigenvalue weighted by molar-refractivity contribution is 0.411. The Morgan fingerprint density at radius 2 is 1.96 bits per heavy atom. The molecule has 0 radical (unpaired) electrons. The predicted molar refractivity (Wildman–Crippen MR) is 102 cm³/mol. The van der Waals surface area contributed by atoms with E-state index in [1.54, 1.807) is 0 Å². The summed E-state index contributed by atoms with van der Waals surface area (Å²) in [6.07, 6.45) is 4.76. The number of benzene rings is 1. The Balaban J connectivity index is 1.63. The van der Waals surface area contributed by atoms with E-state index in [2.05, 4.69) is 24.5 Å². The summed E-state index contributed by atoms with van der Waals surface area (Å²) < 4.78 is 0. The van der Waals surface area contributed by atoms with E-state index in [-0.39, 0.29) is 5.54 Å². The minimum Gasteiger partial charge on any atom is -0.240 e. The van der Waals surface area contributed by atoms with E-state index in [1.165, 1.54) is 12.8 Å². The van der Waals surface area contributed by atoms with Crippen LogP contribution in [-0.4, -0.2) is 16.2 Å². The zero-order valence-electron chi connectivity index (χ0n) is 14.3. The average molecular weight is 351 g/mol. The fraction of sp³-hybridized carbons (Fsp3) is 0.300. The van der Waals surface area contributed by atoms with Gasteiger partial charge in [-0.1, -0.05) is 41.9 Å². The molecule has 1 N–H and O–H groups in total. The number of nitrogens with zero attached hydrogens (tertiary/aromatic N) is 3. The van der Waals surface area contributed by atoms with Gasteiger partial charge in [0.25, 0.3) is 0 Å². The number of fused-ring (bicyclic) bond motifs is 3. The summed E-state index contributed by atoms with van der Waals surface area (Å²) in [7, 11) is 0. The summed E-state index contributed by atoms with van der Waals surface area (Å²) in [6.45, 7) is 4.27. The second-order valence-corrected chi connectivity index (χ2v) is 7.63. The van der Waals surface area contributed by atoms with Crippen molar-refractivity contribution in [2.24, 2.45) is 10.9 Å². The third kappa shape index (κ3) is 2.32. The lowest BCUT2D eigenvalue weighted by Crippen LogP contribution is -2.48. The Morgan fingerprint density at radius 3 is 2.68 bits per heavy atom. The summed E-state index contributed by atoms with van der Waals surface area (Å²) in [4.78, 5) is 9.55. The van der Waals surface area contributed by atoms with Gasteiger partial charge < -0.3 is 0 Å². The Labute approximate surface area is 152 Å². The summed E-state index contributed by atoms with van der Waals surface area (Å²) in [5, 5.41) is 2.52. The topological polar surface area (TPSA) is 40.5 Å². The van der Waals surface area contributed by atoms with Gasteiger partial charge in [-0.05, 0) is 50.3 Å². The largest absolute Gasteiger partial charge is 0.240 e. The van der Waals surface area contributed by atoms with Gasteiger partial charge in [0.15, 0.2) is 5.82 Å². The first-order valence-electron chi connectivity index (χ1n) is 8.67. The van der Waals surface area contributed by atoms with Crippen LogP contribution in [0.3, 0.4) is 0 Å². The van der Waals surface area contributed by atoms with Gasteiger partial charge in [-0.25, -0.2) is 20.4 Å². The van der Waals surface area contributed by atoms with Gasteiger partial charge in [-0.3, -0.25) is 0 Å². The second-order valence-electron chi connectivity index (χ2n) is 7.27. The fourth-order valence-corrected chi connectivity index (χ4v) is 4.01. The third-order valence-electron chi connectivity index (χ3n) is 5.36. The van der Waals surface area contributed by atoms with Gasteiger partial charge in [0.05, 0.1) is 11.3 Å². The van der Waals surface area contributed by atoms with Crippen LogP contribution >= 0.6 is 11.6 Å². The molecule has 2 aromatic rings. The number of nitrogens with one attached hydrogen (secondary N) is 1. The molecule has 1 aromatic heterocycles. The molecule has 1 aromatic carbocycles. The molecule has 0 saturated heterocycles. The Hall–Kier alpha value is -2.17. The Bertz CT molecular complexity index is 930. The molecule has 1 aliphatic carbocycles. The maximum absolute atomic E-state index is 6.55. The molecule has 1 fully saturated rings. The molecule has 1 atom stereocenters. The molecule has 1 saturated carbocycles. The highest BCUT2D eigenvalue weighted by Crippen LogP contribution is 2.46. The number of pyridine rings is 1. The molecule has 3 heterocycles. The van der Waals surface area contributed by atoms with Crippen molar-refractivity contribution in [1.29, 1.82) is 0 Å². The number of anilines is 1. The molecule has 5 rings (SSSR count). The number of hydrogen-bond donors (Lipinski definition) is 1. The van der Waals surface area contributed by atoms with Crippen LogP contribution in [0.5, 0.6) is 0 Å². The quantitative estimate of drug-likeness (QED) is 0.807. The van der Waals surface area contributed by atoms with E-state index in [0.717, 1.165) is 34.0 Å². The lowest BCUT2D eigenvalue weighted by Gasteiger charge is -2.30. The minimum atomic E-state index is -0.0486. The minimum absolute atomic E-state index is 0.0486. The Morgan fingerprint density at radius 1 is 1.20 bits per heavy atom. The molecule has 0 bridgehead atoms. The molecule has 25 heavy (non-hydrogen) atoms. The maximum atomic E-state index is 6.55. The van der Waals surface area contributed by atoms with Crippen molar-refractivity contribution in [3.63, 3.8) is 0 Å². The van der Waals surface area contributed by atoms with Gasteiger partial charge in [-0.2, -0.15) is 0 Å². The molecule has 4 nitrogen and oxygen atoms in total. The molecule has 5 heteroatoms. The van der Waals surface area contributed by atoms with E-state index in [4.69, 9.17) is 21.6 Å². The average Bonchev–Trinajstić information content (AvgIpc) is 3.40. The van der Waals surface area contributed by atoms with Crippen molar-refractivity contribution in [1.82, 2.24) is 10.4 Å². The number of hydrogen-bond acceptors (Lipinski definition) is 4. The van der Waals surface area contributed by atoms with E-state index in [0.29, 0.717) is 11.1 Å². The molecule has 2 aliphatic heterocycles. The van der Waals surface area contributed by atoms with Crippen LogP contribution in [0.1, 0.15) is 32.3 Å². The summed E-state index contributed by atoms with van der Waals surface area (Å²) in [6, 6.07) is 12.2. The molecule has 0 spiro atoms. The number of aliphatic imine (C=N–C) groups is 1. The first kappa shape index (κ1) is 15.1. The van der Waals surface area contributed by atoms with Crippen LogP contribution in [-0.2, 0) is 0 Å². The highest BCUT2D eigenvalue weighted by atomic mass is 35.5. The van der Waals surface area contributed by atoms with Crippen molar-refractivity contribution in [3.8, 4) is 11.1 Å². The summed E-state index contributed by atoms with van der Waals surface area (Å²) in [5.74, 6) is 2.44. The third-order valence-corrected chi connectivity index (χ3v) is 5.65. The smallest absolute Gasteiger partial charge is 0.159 e. The standard InChI is InChI=1S/C20H19ClN4/c1-12-15-10-16(13-6-4-3-5-7-13)18(21)23-19(15)25-17(22-12)11-20(2,24-25)14-8-9-14/h3-7,10-11,14,24H,8-9H2,1-2H3. The van der Waals surface area contributed by atoms with Crippen LogP contribution in [0.25, 0.3) is 11.1 Å². The van der Waals surface area contributed by atoms with Gasteiger partial charge in [0, 0.05) is 11.1 Å². The van der Waals surface area contributed by atoms with Gasteiger partial charge >= 0.3 is 0 Å². The number of halogens is 1. The van der Waals surface area contributed by atoms with Crippen molar-refractivity contribution >= 4 is 23.1 Å². The molecule has 1 unspecified atom stereocenters. The number of hydrazine groups is 1. The van der Waals surface area contributed by atoms with Crippen LogP contribution < -0.4 is 10.4 Å². The van der Waals surface area contributed by atoms with E-state index >= 15 is 0 Å². The molecule has 0 amide bonds. The first-order valence-corrected chi connectivity index (χ1v) is 9.05. The highest BCUT2D eigenvalue weighted by Gasteiger charge is 2.47. The number of rotatable bonds is 2. The maximum Gasteiger partial charge on any atom is 0.159 e. The SMILES string of the molecule is CC1=NC2=CC(C)(C3CC3)NN2c2nc(Cl)c(-c3ccccc3)cc21. The van der Waals surface area contributed by atoms with Crippen LogP contribution in [0, 0.1) is 5.92 Å². The van der Waals surface area contributed by atoms with E-state index in [9.17, 15) is 0 Å². The summed E-state index contributed by atoms with van der Waals surface area (Å²) in [5.41, 5.74) is 7.55. The predicted octanol–water partition coefficient (Wildman–Crippen LogP) is 4.56. The zero-order valence-corrected chi connectivity index (χ0v) is 15.0. The van der Waals surface area contributed by atoms with Crippen LogP contribution in [0.15, 0.2) is 53.3 Å². The highest BCUT2D eigenvalue weighted by molar-refractivity contribution is 6.32. The lowest BCUT2D eigenvalue weighted by atomic mass is 9.98. The Kier molecular flexibility index (Phi) is 3.12. The second kappa shape index (κ2) is 5.16. The number of aromatic nitrogens is 1. The van der Waals surface area contributed by atoms with Crippen molar-refractivity contribution in [2.45, 2.75) is 32.2 Å². The fourth-order valence-electron chi connectivity index (χ4n) is 3.77. The monoisotopic (exact) mass is 350 g/mol. The van der Waals surface area contributed by atoms with Gasteiger partial charge in [0.1, 0.15) is 11.0 Å². The van der Waals surface area contributed by atoms with E-state index < -0.39 is 0 Å². The zero-order chi connectivity index (χ0) is 17.2. The van der Waals surface area contributed by atoms with E-state index in [1.807, 2.05) is 42.3 Å². The van der Waals surface area contributed by atoms with Crippen molar-refractivity contribution in [3.05, 3.63) is 59.0 Å². The first-order chi connectivity index (χ1) is 12.0. The molecule has 126 valence electrons. The van der Waals surface area contributed by atoms with Crippen molar-refractivity contribution < 1.29 is 0 Å². The normalized spacial score (nSPS) is 24.5. The van der Waals surface area contributed by atoms with Crippen LogP contribution in [0.2, 0.25) is 5.15 Å². The van der Waals surface area contributed by atoms with Gasteiger partial charge in [-0.15, -0.1) is 0 Å².